The molecule has 0 spiro atoms. The summed E-state index contributed by atoms with van der Waals surface area (Å²) in [5.74, 6) is -0.208. The van der Waals surface area contributed by atoms with Crippen LogP contribution in [0.4, 0.5) is 0 Å². The van der Waals surface area contributed by atoms with Crippen LogP contribution in [0.3, 0.4) is 0 Å². The molecule has 1 aliphatic heterocycles. The van der Waals surface area contributed by atoms with Gasteiger partial charge in [0.25, 0.3) is 16.1 Å². The van der Waals surface area contributed by atoms with E-state index in [1.54, 1.807) is 4.90 Å². The first-order valence-electron chi connectivity index (χ1n) is 6.39. The molecule has 1 fully saturated rings. The number of hydrogen-bond acceptors (Lipinski definition) is 5. The Bertz CT molecular complexity index is 607. The molecule has 1 aromatic heterocycles. The summed E-state index contributed by atoms with van der Waals surface area (Å²) in [7, 11) is -3.71. The zero-order valence-electron chi connectivity index (χ0n) is 11.2. The summed E-state index contributed by atoms with van der Waals surface area (Å²) in [5.41, 5.74) is 0.222. The van der Waals surface area contributed by atoms with Crippen LogP contribution in [0, 0.1) is 5.92 Å². The molecule has 1 aromatic rings. The summed E-state index contributed by atoms with van der Waals surface area (Å²) in [5, 5.41) is 5.12. The molecule has 0 saturated carbocycles. The lowest BCUT2D eigenvalue weighted by Gasteiger charge is -2.32. The molecule has 10 heteroatoms. The second kappa shape index (κ2) is 6.65. The number of piperidine rings is 1. The van der Waals surface area contributed by atoms with Gasteiger partial charge in [-0.15, -0.1) is 0 Å². The molecule has 116 valence electrons. The summed E-state index contributed by atoms with van der Waals surface area (Å²) >= 11 is 5.63. The Kier molecular flexibility index (Phi) is 5.09. The summed E-state index contributed by atoms with van der Waals surface area (Å²) in [4.78, 5) is 21.7. The molecule has 1 aliphatic rings. The molecule has 2 heterocycles. The molecule has 0 aromatic carbocycles. The van der Waals surface area contributed by atoms with Crippen molar-refractivity contribution >= 4 is 27.7 Å². The number of likely N-dealkylation sites (tertiary alicyclic amines) is 1. The lowest BCUT2D eigenvalue weighted by Crippen LogP contribution is -2.44. The largest absolute Gasteiger partial charge is 0.337 e. The van der Waals surface area contributed by atoms with Crippen LogP contribution in [0.25, 0.3) is 0 Å². The number of carbonyl (C=O) groups excluding carboxylic acids is 1. The highest BCUT2D eigenvalue weighted by Crippen LogP contribution is 2.17. The van der Waals surface area contributed by atoms with Crippen LogP contribution in [-0.4, -0.2) is 48.8 Å². The fourth-order valence-corrected chi connectivity index (χ4v) is 2.80. The quantitative estimate of drug-likeness (QED) is 0.789. The molecule has 3 N–H and O–H groups in total. The van der Waals surface area contributed by atoms with Gasteiger partial charge in [0.1, 0.15) is 10.8 Å². The monoisotopic (exact) mass is 333 g/mol. The predicted molar refractivity (Wildman–Crippen MR) is 76.8 cm³/mol. The number of carbonyl (C=O) groups is 1. The van der Waals surface area contributed by atoms with Gasteiger partial charge in [-0.1, -0.05) is 11.6 Å². The number of amides is 1. The molecule has 0 aliphatic carbocycles. The third kappa shape index (κ3) is 4.88. The number of hydrogen-bond donors (Lipinski definition) is 2. The van der Waals surface area contributed by atoms with Crippen LogP contribution in [0.15, 0.2) is 12.4 Å². The fourth-order valence-electron chi connectivity index (χ4n) is 2.23. The average molecular weight is 334 g/mol. The number of aromatic nitrogens is 2. The molecule has 8 nitrogen and oxygen atoms in total. The van der Waals surface area contributed by atoms with Gasteiger partial charge in [0.05, 0.1) is 12.4 Å². The van der Waals surface area contributed by atoms with E-state index in [0.717, 1.165) is 12.8 Å². The van der Waals surface area contributed by atoms with E-state index in [1.807, 2.05) is 0 Å². The summed E-state index contributed by atoms with van der Waals surface area (Å²) in [6, 6.07) is 0. The zero-order chi connectivity index (χ0) is 15.5. The van der Waals surface area contributed by atoms with Crippen molar-refractivity contribution < 1.29 is 13.2 Å². The van der Waals surface area contributed by atoms with Crippen LogP contribution in [0.2, 0.25) is 5.15 Å². The minimum absolute atomic E-state index is 0.0290. The van der Waals surface area contributed by atoms with Crippen LogP contribution in [-0.2, 0) is 10.2 Å². The van der Waals surface area contributed by atoms with Crippen molar-refractivity contribution in [3.8, 4) is 0 Å². The van der Waals surface area contributed by atoms with E-state index >= 15 is 0 Å². The third-order valence-electron chi connectivity index (χ3n) is 3.22. The highest BCUT2D eigenvalue weighted by Gasteiger charge is 2.25. The Morgan fingerprint density at radius 2 is 2.24 bits per heavy atom. The molecular weight excluding hydrogens is 318 g/mol. The first-order chi connectivity index (χ1) is 9.85. The topological polar surface area (TPSA) is 118 Å². The van der Waals surface area contributed by atoms with Gasteiger partial charge in [-0.2, -0.15) is 8.42 Å². The van der Waals surface area contributed by atoms with Crippen molar-refractivity contribution in [2.24, 2.45) is 11.1 Å². The van der Waals surface area contributed by atoms with E-state index in [4.69, 9.17) is 16.7 Å². The van der Waals surface area contributed by atoms with Crippen molar-refractivity contribution in [3.63, 3.8) is 0 Å². The highest BCUT2D eigenvalue weighted by atomic mass is 35.5. The summed E-state index contributed by atoms with van der Waals surface area (Å²) < 4.78 is 24.1. The lowest BCUT2D eigenvalue weighted by atomic mass is 9.98. The number of nitrogens with zero attached hydrogens (tertiary/aromatic N) is 3. The maximum absolute atomic E-state index is 12.3. The molecule has 1 amide bonds. The van der Waals surface area contributed by atoms with Gasteiger partial charge in [0, 0.05) is 19.6 Å². The van der Waals surface area contributed by atoms with Gasteiger partial charge in [-0.05, 0) is 18.8 Å². The van der Waals surface area contributed by atoms with Crippen molar-refractivity contribution in [1.82, 2.24) is 19.6 Å². The Morgan fingerprint density at radius 3 is 2.86 bits per heavy atom. The Morgan fingerprint density at radius 1 is 1.48 bits per heavy atom. The maximum atomic E-state index is 12.3. The van der Waals surface area contributed by atoms with Gasteiger partial charge in [-0.25, -0.2) is 19.8 Å². The maximum Gasteiger partial charge on any atom is 0.274 e. The van der Waals surface area contributed by atoms with Gasteiger partial charge in [0.15, 0.2) is 0 Å². The summed E-state index contributed by atoms with van der Waals surface area (Å²) in [6.45, 7) is 1.27. The number of nitrogens with one attached hydrogen (secondary N) is 1. The SMILES string of the molecule is NS(=O)(=O)NCC1CCCN(C(=O)c2cnc(Cl)cn2)C1. The fraction of sp³-hybridized carbons (Fsp3) is 0.545. The first kappa shape index (κ1) is 16.1. The molecule has 21 heavy (non-hydrogen) atoms. The zero-order valence-corrected chi connectivity index (χ0v) is 12.8. The van der Waals surface area contributed by atoms with Crippen LogP contribution < -0.4 is 9.86 Å². The van der Waals surface area contributed by atoms with Crippen LogP contribution in [0.1, 0.15) is 23.3 Å². The van der Waals surface area contributed by atoms with Crippen LogP contribution in [0.5, 0.6) is 0 Å². The van der Waals surface area contributed by atoms with E-state index in [2.05, 4.69) is 14.7 Å². The predicted octanol–water partition coefficient (Wildman–Crippen LogP) is -0.225. The van der Waals surface area contributed by atoms with E-state index in [9.17, 15) is 13.2 Å². The van der Waals surface area contributed by atoms with Crippen molar-refractivity contribution in [2.45, 2.75) is 12.8 Å². The first-order valence-corrected chi connectivity index (χ1v) is 8.32. The minimum Gasteiger partial charge on any atom is -0.337 e. The normalized spacial score (nSPS) is 19.5. The number of halogens is 1. The molecule has 0 radical (unpaired) electrons. The molecular formula is C11H16ClN5O3S. The third-order valence-corrected chi connectivity index (χ3v) is 3.98. The van der Waals surface area contributed by atoms with Crippen molar-refractivity contribution in [2.75, 3.05) is 19.6 Å². The van der Waals surface area contributed by atoms with E-state index in [-0.39, 0.29) is 29.2 Å². The molecule has 0 bridgehead atoms. The Labute approximate surface area is 127 Å². The van der Waals surface area contributed by atoms with E-state index < -0.39 is 10.2 Å². The van der Waals surface area contributed by atoms with Crippen molar-refractivity contribution in [3.05, 3.63) is 23.2 Å². The van der Waals surface area contributed by atoms with E-state index in [0.29, 0.717) is 13.1 Å². The molecule has 1 saturated heterocycles. The lowest BCUT2D eigenvalue weighted by molar-refractivity contribution is 0.0670. The summed E-state index contributed by atoms with van der Waals surface area (Å²) in [6.07, 6.45) is 4.28. The van der Waals surface area contributed by atoms with Crippen molar-refractivity contribution in [1.29, 1.82) is 0 Å². The molecule has 1 atom stereocenters. The van der Waals surface area contributed by atoms with Gasteiger partial charge in [0.2, 0.25) is 0 Å². The smallest absolute Gasteiger partial charge is 0.274 e. The standard InChI is InChI=1S/C11H16ClN5O3S/c12-10-6-14-9(5-15-10)11(18)17-3-1-2-8(7-17)4-16-21(13,19)20/h5-6,8,16H,1-4,7H2,(H2,13,19,20). The second-order valence-electron chi connectivity index (χ2n) is 4.88. The number of rotatable bonds is 4. The second-order valence-corrected chi connectivity index (χ2v) is 6.64. The average Bonchev–Trinajstić information content (AvgIpc) is 2.45. The Hall–Kier alpha value is -1.29. The highest BCUT2D eigenvalue weighted by molar-refractivity contribution is 7.87. The minimum atomic E-state index is -3.71. The molecule has 2 rings (SSSR count). The number of nitrogens with two attached hydrogens (primary N) is 1. The Balaban J connectivity index is 1.97. The van der Waals surface area contributed by atoms with Crippen LogP contribution >= 0.6 is 11.6 Å². The van der Waals surface area contributed by atoms with Gasteiger partial charge in [-0.3, -0.25) is 4.79 Å². The van der Waals surface area contributed by atoms with E-state index in [1.165, 1.54) is 12.4 Å². The van der Waals surface area contributed by atoms with Gasteiger partial charge < -0.3 is 4.90 Å². The van der Waals surface area contributed by atoms with Gasteiger partial charge >= 0.3 is 0 Å². The molecule has 1 unspecified atom stereocenters.